The Kier molecular flexibility index (Phi) is 5.09. The van der Waals surface area contributed by atoms with Gasteiger partial charge in [-0.15, -0.1) is 0 Å². The maximum absolute atomic E-state index is 11.0. The molecule has 0 fully saturated rings. The molecule has 0 aromatic heterocycles. The summed E-state index contributed by atoms with van der Waals surface area (Å²) < 4.78 is 10.6. The molecule has 3 rings (SSSR count). The van der Waals surface area contributed by atoms with Gasteiger partial charge in [-0.05, 0) is 42.3 Å². The Labute approximate surface area is 150 Å². The van der Waals surface area contributed by atoms with Crippen LogP contribution in [0.5, 0.6) is 11.5 Å². The summed E-state index contributed by atoms with van der Waals surface area (Å²) in [5, 5.41) is 7.32. The summed E-state index contributed by atoms with van der Waals surface area (Å²) in [5.74, 6) is 1.06. The first-order valence-electron chi connectivity index (χ1n) is 7.65. The first-order valence-corrected chi connectivity index (χ1v) is 8.03. The minimum Gasteiger partial charge on any atom is -0.454 e. The Hall–Kier alpha value is -2.73. The zero-order valence-corrected chi connectivity index (χ0v) is 14.6. The van der Waals surface area contributed by atoms with Crippen LogP contribution >= 0.6 is 11.6 Å². The van der Waals surface area contributed by atoms with E-state index >= 15 is 0 Å². The number of ether oxygens (including phenoxy) is 2. The standard InChI is InChI=1S/C18H17ClN2O4/c1-11(14-3-5-15(6-4-14)20-12(2)22)21-25-9-13-7-16(19)18-17(8-13)23-10-24-18/h3-8H,9-10H2,1-2H3,(H,20,22)/b21-11+. The van der Waals surface area contributed by atoms with E-state index in [2.05, 4.69) is 10.5 Å². The summed E-state index contributed by atoms with van der Waals surface area (Å²) >= 11 is 6.14. The number of benzene rings is 2. The van der Waals surface area contributed by atoms with Gasteiger partial charge in [0.1, 0.15) is 6.61 Å². The molecular weight excluding hydrogens is 344 g/mol. The third kappa shape index (κ3) is 4.22. The van der Waals surface area contributed by atoms with E-state index in [4.69, 9.17) is 25.9 Å². The first-order chi connectivity index (χ1) is 12.0. The van der Waals surface area contributed by atoms with Crippen LogP contribution in [-0.2, 0) is 16.2 Å². The van der Waals surface area contributed by atoms with E-state index in [0.717, 1.165) is 22.5 Å². The Bertz CT molecular complexity index is 819. The molecule has 1 heterocycles. The van der Waals surface area contributed by atoms with Crippen molar-refractivity contribution in [2.24, 2.45) is 5.16 Å². The van der Waals surface area contributed by atoms with Crippen molar-refractivity contribution >= 4 is 28.9 Å². The molecular formula is C18H17ClN2O4. The van der Waals surface area contributed by atoms with Crippen LogP contribution in [0.1, 0.15) is 25.0 Å². The van der Waals surface area contributed by atoms with Crippen molar-refractivity contribution in [3.63, 3.8) is 0 Å². The largest absolute Gasteiger partial charge is 0.454 e. The fourth-order valence-corrected chi connectivity index (χ4v) is 2.65. The fourth-order valence-electron chi connectivity index (χ4n) is 2.36. The number of oxime groups is 1. The number of nitrogens with one attached hydrogen (secondary N) is 1. The van der Waals surface area contributed by atoms with Crippen LogP contribution in [-0.4, -0.2) is 18.4 Å². The van der Waals surface area contributed by atoms with Crippen molar-refractivity contribution in [2.75, 3.05) is 12.1 Å². The summed E-state index contributed by atoms with van der Waals surface area (Å²) in [7, 11) is 0. The molecule has 25 heavy (non-hydrogen) atoms. The van der Waals surface area contributed by atoms with E-state index in [0.29, 0.717) is 16.5 Å². The molecule has 0 aliphatic carbocycles. The van der Waals surface area contributed by atoms with Crippen molar-refractivity contribution in [2.45, 2.75) is 20.5 Å². The van der Waals surface area contributed by atoms with Gasteiger partial charge in [0.25, 0.3) is 0 Å². The summed E-state index contributed by atoms with van der Waals surface area (Å²) in [4.78, 5) is 16.4. The molecule has 1 aliphatic rings. The van der Waals surface area contributed by atoms with Gasteiger partial charge in [-0.1, -0.05) is 28.9 Å². The van der Waals surface area contributed by atoms with E-state index in [9.17, 15) is 4.79 Å². The van der Waals surface area contributed by atoms with Gasteiger partial charge < -0.3 is 19.6 Å². The van der Waals surface area contributed by atoms with Crippen LogP contribution < -0.4 is 14.8 Å². The lowest BCUT2D eigenvalue weighted by molar-refractivity contribution is -0.114. The van der Waals surface area contributed by atoms with Crippen LogP contribution in [0.3, 0.4) is 0 Å². The number of carbonyl (C=O) groups excluding carboxylic acids is 1. The first kappa shape index (κ1) is 17.1. The smallest absolute Gasteiger partial charge is 0.231 e. The molecule has 130 valence electrons. The third-order valence-corrected chi connectivity index (χ3v) is 3.82. The third-order valence-electron chi connectivity index (χ3n) is 3.54. The molecule has 1 aliphatic heterocycles. The SMILES string of the molecule is CC(=O)Nc1ccc(/C(C)=N/OCc2cc(Cl)c3c(c2)OCO3)cc1. The average Bonchev–Trinajstić information content (AvgIpc) is 3.04. The second kappa shape index (κ2) is 7.44. The van der Waals surface area contributed by atoms with Crippen LogP contribution in [0.15, 0.2) is 41.6 Å². The van der Waals surface area contributed by atoms with Crippen molar-refractivity contribution in [1.29, 1.82) is 0 Å². The van der Waals surface area contributed by atoms with Gasteiger partial charge in [-0.3, -0.25) is 4.79 Å². The minimum atomic E-state index is -0.108. The predicted octanol–water partition coefficient (Wildman–Crippen LogP) is 3.97. The summed E-state index contributed by atoms with van der Waals surface area (Å²) in [5.41, 5.74) is 3.20. The molecule has 0 unspecified atom stereocenters. The molecule has 2 aromatic rings. The number of halogens is 1. The normalized spacial score (nSPS) is 12.8. The highest BCUT2D eigenvalue weighted by atomic mass is 35.5. The molecule has 0 spiro atoms. The summed E-state index contributed by atoms with van der Waals surface area (Å²) in [6.07, 6.45) is 0. The number of hydrogen-bond acceptors (Lipinski definition) is 5. The van der Waals surface area contributed by atoms with Crippen molar-refractivity contribution < 1.29 is 19.1 Å². The second-order valence-electron chi connectivity index (χ2n) is 5.52. The van der Waals surface area contributed by atoms with E-state index in [-0.39, 0.29) is 19.3 Å². The predicted molar refractivity (Wildman–Crippen MR) is 95.3 cm³/mol. The Morgan fingerprint density at radius 1 is 1.24 bits per heavy atom. The monoisotopic (exact) mass is 360 g/mol. The maximum Gasteiger partial charge on any atom is 0.231 e. The van der Waals surface area contributed by atoms with Crippen LogP contribution in [0.25, 0.3) is 0 Å². The highest BCUT2D eigenvalue weighted by Gasteiger charge is 2.18. The van der Waals surface area contributed by atoms with Gasteiger partial charge in [-0.2, -0.15) is 0 Å². The van der Waals surface area contributed by atoms with Gasteiger partial charge in [0.15, 0.2) is 11.5 Å². The highest BCUT2D eigenvalue weighted by molar-refractivity contribution is 6.32. The molecule has 7 heteroatoms. The zero-order valence-electron chi connectivity index (χ0n) is 13.8. The van der Waals surface area contributed by atoms with Crippen molar-refractivity contribution in [3.8, 4) is 11.5 Å². The van der Waals surface area contributed by atoms with Crippen molar-refractivity contribution in [3.05, 3.63) is 52.5 Å². The topological polar surface area (TPSA) is 69.2 Å². The molecule has 0 atom stereocenters. The van der Waals surface area contributed by atoms with Crippen LogP contribution in [0.2, 0.25) is 5.02 Å². The van der Waals surface area contributed by atoms with E-state index in [1.54, 1.807) is 6.07 Å². The molecule has 0 saturated carbocycles. The van der Waals surface area contributed by atoms with Gasteiger partial charge in [0.05, 0.1) is 10.7 Å². The zero-order chi connectivity index (χ0) is 17.8. The lowest BCUT2D eigenvalue weighted by Gasteiger charge is -2.06. The fraction of sp³-hybridized carbons (Fsp3) is 0.222. The lowest BCUT2D eigenvalue weighted by atomic mass is 10.1. The number of nitrogens with zero attached hydrogens (tertiary/aromatic N) is 1. The van der Waals surface area contributed by atoms with E-state index < -0.39 is 0 Å². The molecule has 1 amide bonds. The summed E-state index contributed by atoms with van der Waals surface area (Å²) in [6, 6.07) is 10.9. The molecule has 0 radical (unpaired) electrons. The molecule has 0 saturated heterocycles. The number of amides is 1. The number of hydrogen-bond donors (Lipinski definition) is 1. The second-order valence-corrected chi connectivity index (χ2v) is 5.93. The Morgan fingerprint density at radius 2 is 2.00 bits per heavy atom. The highest BCUT2D eigenvalue weighted by Crippen LogP contribution is 2.39. The van der Waals surface area contributed by atoms with Gasteiger partial charge >= 0.3 is 0 Å². The van der Waals surface area contributed by atoms with Crippen molar-refractivity contribution in [1.82, 2.24) is 0 Å². The quantitative estimate of drug-likeness (QED) is 0.647. The van der Waals surface area contributed by atoms with Gasteiger partial charge in [0.2, 0.25) is 12.7 Å². The number of rotatable bonds is 5. The maximum atomic E-state index is 11.0. The van der Waals surface area contributed by atoms with E-state index in [1.807, 2.05) is 37.3 Å². The van der Waals surface area contributed by atoms with Crippen LogP contribution in [0.4, 0.5) is 5.69 Å². The molecule has 1 N–H and O–H groups in total. The molecule has 2 aromatic carbocycles. The van der Waals surface area contributed by atoms with Gasteiger partial charge in [-0.25, -0.2) is 0 Å². The average molecular weight is 361 g/mol. The molecule has 6 nitrogen and oxygen atoms in total. The lowest BCUT2D eigenvalue weighted by Crippen LogP contribution is -2.06. The Morgan fingerprint density at radius 3 is 2.72 bits per heavy atom. The molecule has 0 bridgehead atoms. The number of anilines is 1. The van der Waals surface area contributed by atoms with Crippen LogP contribution in [0, 0.1) is 0 Å². The minimum absolute atomic E-state index is 0.108. The van der Waals surface area contributed by atoms with Gasteiger partial charge in [0, 0.05) is 12.6 Å². The van der Waals surface area contributed by atoms with E-state index in [1.165, 1.54) is 6.92 Å². The summed E-state index contributed by atoms with van der Waals surface area (Å²) in [6.45, 7) is 3.75. The number of fused-ring (bicyclic) bond motifs is 1. The Balaban J connectivity index is 1.62. The number of carbonyl (C=O) groups is 1.